The van der Waals surface area contributed by atoms with Crippen molar-refractivity contribution in [3.8, 4) is 0 Å². The Morgan fingerprint density at radius 3 is 2.25 bits per heavy atom. The molecule has 24 heavy (non-hydrogen) atoms. The first-order valence-electron chi connectivity index (χ1n) is 7.46. The third kappa shape index (κ3) is 3.35. The number of benzene rings is 2. The second-order valence-corrected chi connectivity index (χ2v) is 7.62. The molecule has 0 N–H and O–H groups in total. The van der Waals surface area contributed by atoms with E-state index in [4.69, 9.17) is 0 Å². The van der Waals surface area contributed by atoms with Crippen molar-refractivity contribution in [2.45, 2.75) is 31.6 Å². The van der Waals surface area contributed by atoms with E-state index in [0.717, 1.165) is 5.56 Å². The molecule has 0 aliphatic carbocycles. The van der Waals surface area contributed by atoms with E-state index in [1.807, 2.05) is 19.9 Å². The number of ketones is 1. The monoisotopic (exact) mass is 342 g/mol. The molecule has 0 heterocycles. The van der Waals surface area contributed by atoms with E-state index in [1.54, 1.807) is 31.2 Å². The molecule has 0 radical (unpaired) electrons. The van der Waals surface area contributed by atoms with Gasteiger partial charge in [-0.1, -0.05) is 56.3 Å². The normalized spacial score (nSPS) is 11.2. The number of rotatable bonds is 4. The molecule has 0 fully saturated rings. The number of hydrogen-bond donors (Lipinski definition) is 0. The van der Waals surface area contributed by atoms with Crippen LogP contribution in [0.2, 0.25) is 0 Å². The highest BCUT2D eigenvalue weighted by atomic mass is 32.2. The summed E-state index contributed by atoms with van der Waals surface area (Å²) in [4.78, 5) is 15.2. The maximum atomic E-state index is 12.9. The highest BCUT2D eigenvalue weighted by Gasteiger charge is 2.39. The second-order valence-electron chi connectivity index (χ2n) is 5.78. The van der Waals surface area contributed by atoms with Crippen LogP contribution in [0.4, 0.5) is 0 Å². The Bertz CT molecular complexity index is 926. The summed E-state index contributed by atoms with van der Waals surface area (Å²) in [6.07, 6.45) is 0. The molecule has 0 aliphatic rings. The summed E-state index contributed by atoms with van der Waals surface area (Å²) in [5.41, 5.74) is 10.7. The summed E-state index contributed by atoms with van der Waals surface area (Å²) in [7, 11) is -4.23. The van der Waals surface area contributed by atoms with Gasteiger partial charge in [-0.2, -0.15) is 0 Å². The van der Waals surface area contributed by atoms with Crippen LogP contribution in [0.25, 0.3) is 5.53 Å². The maximum Gasteiger partial charge on any atom is 0.456 e. The standard InChI is InChI=1S/C18H18N2O3S/c1-12(2)15-10-9-13(3)16(11-15)24(22,23)18(20-19)17(21)14-7-5-4-6-8-14/h4-12H,1-3H3. The molecule has 6 heteroatoms. The summed E-state index contributed by atoms with van der Waals surface area (Å²) >= 11 is 0. The van der Waals surface area contributed by atoms with Crippen LogP contribution in [-0.2, 0) is 9.84 Å². The lowest BCUT2D eigenvalue weighted by molar-refractivity contribution is -0.00158. The van der Waals surface area contributed by atoms with Gasteiger partial charge in [0, 0.05) is 5.56 Å². The van der Waals surface area contributed by atoms with Crippen LogP contribution in [0.15, 0.2) is 53.4 Å². The van der Waals surface area contributed by atoms with Crippen molar-refractivity contribution in [1.82, 2.24) is 0 Å². The minimum absolute atomic E-state index is 0.0224. The van der Waals surface area contributed by atoms with Crippen molar-refractivity contribution in [1.29, 1.82) is 0 Å². The van der Waals surface area contributed by atoms with Gasteiger partial charge >= 0.3 is 5.04 Å². The Morgan fingerprint density at radius 1 is 1.08 bits per heavy atom. The Kier molecular flexibility index (Phi) is 5.12. The summed E-state index contributed by atoms with van der Waals surface area (Å²) in [5.74, 6) is -0.716. The lowest BCUT2D eigenvalue weighted by Gasteiger charge is -2.10. The zero-order valence-electron chi connectivity index (χ0n) is 13.7. The van der Waals surface area contributed by atoms with Crippen LogP contribution in [0.3, 0.4) is 0 Å². The molecule has 0 spiro atoms. The predicted molar refractivity (Wildman–Crippen MR) is 91.9 cm³/mol. The molecule has 0 aromatic heterocycles. The summed E-state index contributed by atoms with van der Waals surface area (Å²) in [6.45, 7) is 5.52. The van der Waals surface area contributed by atoms with E-state index in [1.165, 1.54) is 18.2 Å². The molecule has 0 bridgehead atoms. The van der Waals surface area contributed by atoms with Crippen LogP contribution < -0.4 is 0 Å². The number of aryl methyl sites for hydroxylation is 1. The van der Waals surface area contributed by atoms with Crippen LogP contribution in [-0.4, -0.2) is 24.0 Å². The minimum atomic E-state index is -4.23. The van der Waals surface area contributed by atoms with E-state index in [9.17, 15) is 18.7 Å². The predicted octanol–water partition coefficient (Wildman–Crippen LogP) is 3.40. The molecule has 0 unspecified atom stereocenters. The van der Waals surface area contributed by atoms with Crippen LogP contribution in [0, 0.1) is 6.92 Å². The first-order valence-corrected chi connectivity index (χ1v) is 8.94. The molecule has 0 saturated carbocycles. The number of carbonyl (C=O) groups excluding carboxylic acids is 1. The molecule has 5 nitrogen and oxygen atoms in total. The SMILES string of the molecule is Cc1ccc(C(C)C)cc1S(=O)(=O)C(=[N+]=[N-])C(=O)c1ccccc1. The van der Waals surface area contributed by atoms with Gasteiger partial charge in [0.1, 0.15) is 0 Å². The third-order valence-corrected chi connectivity index (χ3v) is 5.54. The van der Waals surface area contributed by atoms with Crippen LogP contribution >= 0.6 is 0 Å². The highest BCUT2D eigenvalue weighted by molar-refractivity contribution is 8.08. The van der Waals surface area contributed by atoms with E-state index in [0.29, 0.717) is 5.56 Å². The van der Waals surface area contributed by atoms with Crippen LogP contribution in [0.1, 0.15) is 41.3 Å². The summed E-state index contributed by atoms with van der Waals surface area (Å²) in [5, 5.41) is -0.877. The lowest BCUT2D eigenvalue weighted by Crippen LogP contribution is -2.26. The molecule has 124 valence electrons. The Labute approximate surface area is 141 Å². The number of sulfone groups is 1. The molecule has 2 rings (SSSR count). The Balaban J connectivity index is 2.59. The van der Waals surface area contributed by atoms with E-state index < -0.39 is 20.7 Å². The summed E-state index contributed by atoms with van der Waals surface area (Å²) in [6, 6.07) is 12.9. The minimum Gasteiger partial charge on any atom is -0.360 e. The topological polar surface area (TPSA) is 87.6 Å². The molecule has 2 aromatic carbocycles. The number of carbonyl (C=O) groups is 1. The van der Waals surface area contributed by atoms with Crippen molar-refractivity contribution in [2.24, 2.45) is 0 Å². The lowest BCUT2D eigenvalue weighted by atomic mass is 10.0. The molecule has 2 aromatic rings. The van der Waals surface area contributed by atoms with E-state index >= 15 is 0 Å². The van der Waals surface area contributed by atoms with Gasteiger partial charge in [0.25, 0.3) is 15.6 Å². The van der Waals surface area contributed by atoms with Gasteiger partial charge < -0.3 is 5.53 Å². The molecule has 0 saturated heterocycles. The van der Waals surface area contributed by atoms with Gasteiger partial charge in [-0.3, -0.25) is 4.79 Å². The van der Waals surface area contributed by atoms with E-state index in [2.05, 4.69) is 4.79 Å². The van der Waals surface area contributed by atoms with Gasteiger partial charge in [-0.05, 0) is 30.0 Å². The Hall–Kier alpha value is -2.56. The zero-order chi connectivity index (χ0) is 17.9. The number of hydrogen-bond acceptors (Lipinski definition) is 3. The number of nitrogens with zero attached hydrogens (tertiary/aromatic N) is 2. The van der Waals surface area contributed by atoms with Gasteiger partial charge in [-0.15, -0.1) is 4.79 Å². The van der Waals surface area contributed by atoms with Crippen molar-refractivity contribution in [3.63, 3.8) is 0 Å². The summed E-state index contributed by atoms with van der Waals surface area (Å²) < 4.78 is 25.7. The molecular formula is C18H18N2O3S. The van der Waals surface area contributed by atoms with Gasteiger partial charge in [0.15, 0.2) is 0 Å². The molecule has 0 aliphatic heterocycles. The van der Waals surface area contributed by atoms with Crippen molar-refractivity contribution in [3.05, 3.63) is 70.8 Å². The first-order chi connectivity index (χ1) is 11.3. The fourth-order valence-electron chi connectivity index (χ4n) is 2.30. The fourth-order valence-corrected chi connectivity index (χ4v) is 3.76. The van der Waals surface area contributed by atoms with Crippen molar-refractivity contribution < 1.29 is 18.0 Å². The zero-order valence-corrected chi connectivity index (χ0v) is 14.5. The molecule has 0 amide bonds. The molecule has 0 atom stereocenters. The average Bonchev–Trinajstić information content (AvgIpc) is 2.56. The van der Waals surface area contributed by atoms with E-state index in [-0.39, 0.29) is 16.4 Å². The van der Waals surface area contributed by atoms with Gasteiger partial charge in [0.2, 0.25) is 0 Å². The van der Waals surface area contributed by atoms with Gasteiger partial charge in [0.05, 0.1) is 4.90 Å². The smallest absolute Gasteiger partial charge is 0.360 e. The van der Waals surface area contributed by atoms with Gasteiger partial charge in [-0.25, -0.2) is 8.42 Å². The Morgan fingerprint density at radius 2 is 1.71 bits per heavy atom. The quantitative estimate of drug-likeness (QED) is 0.280. The second kappa shape index (κ2) is 6.91. The first kappa shape index (κ1) is 17.8. The highest BCUT2D eigenvalue weighted by Crippen LogP contribution is 2.24. The van der Waals surface area contributed by atoms with Crippen molar-refractivity contribution in [2.75, 3.05) is 0 Å². The van der Waals surface area contributed by atoms with Crippen LogP contribution in [0.5, 0.6) is 0 Å². The average molecular weight is 342 g/mol. The third-order valence-electron chi connectivity index (χ3n) is 3.74. The van der Waals surface area contributed by atoms with Crippen molar-refractivity contribution >= 4 is 20.7 Å². The number of Topliss-reactive ketones (excluding diaryl/α,β-unsaturated/α-hetero) is 1. The maximum absolute atomic E-state index is 12.9. The molecular weight excluding hydrogens is 324 g/mol. The largest absolute Gasteiger partial charge is 0.456 e. The fraction of sp³-hybridized carbons (Fsp3) is 0.222.